The Kier molecular flexibility index (Phi) is 3.04. The fourth-order valence-electron chi connectivity index (χ4n) is 1.90. The van der Waals surface area contributed by atoms with Gasteiger partial charge in [-0.15, -0.1) is 0 Å². The second-order valence-corrected chi connectivity index (χ2v) is 4.15. The van der Waals surface area contributed by atoms with Gasteiger partial charge in [0.1, 0.15) is 5.75 Å². The number of H-pyrrole nitrogens is 1. The van der Waals surface area contributed by atoms with E-state index in [1.54, 1.807) is 31.6 Å². The molecule has 0 aliphatic heterocycles. The summed E-state index contributed by atoms with van der Waals surface area (Å²) in [4.78, 5) is 23.3. The normalized spacial score (nSPS) is 10.4. The number of carbonyl (C=O) groups is 1. The lowest BCUT2D eigenvalue weighted by Crippen LogP contribution is -2.12. The average molecular weight is 268 g/mol. The molecular weight excluding hydrogens is 256 g/mol. The van der Waals surface area contributed by atoms with Crippen LogP contribution in [0.2, 0.25) is 0 Å². The third-order valence-electron chi connectivity index (χ3n) is 2.89. The Morgan fingerprint density at radius 3 is 3.00 bits per heavy atom. The van der Waals surface area contributed by atoms with E-state index < -0.39 is 0 Å². The summed E-state index contributed by atoms with van der Waals surface area (Å²) in [6, 6.07) is 8.94. The first-order chi connectivity index (χ1) is 9.78. The monoisotopic (exact) mass is 268 g/mol. The zero-order chi connectivity index (χ0) is 13.9. The van der Waals surface area contributed by atoms with Gasteiger partial charge in [-0.05, 0) is 18.2 Å². The number of methoxy groups -OCH3 is 1. The molecule has 2 aromatic heterocycles. The number of anilines is 1. The standard InChI is InChI=1S/C14H12N4O2/c1-20-12-5-3-2-4-10(12)18-14(19)9-6-11-13(15-7-9)17-8-16-11/h2-8H,1H3,(H,18,19)(H,15,16,17). The van der Waals surface area contributed by atoms with E-state index in [0.717, 1.165) is 5.52 Å². The van der Waals surface area contributed by atoms with Gasteiger partial charge in [-0.1, -0.05) is 12.1 Å². The van der Waals surface area contributed by atoms with E-state index in [0.29, 0.717) is 22.6 Å². The number of nitrogens with one attached hydrogen (secondary N) is 2. The molecule has 2 N–H and O–H groups in total. The number of benzene rings is 1. The van der Waals surface area contributed by atoms with Crippen LogP contribution in [0, 0.1) is 0 Å². The molecular formula is C14H12N4O2. The molecule has 0 radical (unpaired) electrons. The van der Waals surface area contributed by atoms with E-state index in [2.05, 4.69) is 20.3 Å². The van der Waals surface area contributed by atoms with Crippen LogP contribution in [-0.4, -0.2) is 28.0 Å². The Labute approximate surface area is 114 Å². The first-order valence-electron chi connectivity index (χ1n) is 6.01. The van der Waals surface area contributed by atoms with Gasteiger partial charge in [-0.25, -0.2) is 9.97 Å². The fourth-order valence-corrected chi connectivity index (χ4v) is 1.90. The van der Waals surface area contributed by atoms with E-state index in [1.165, 1.54) is 6.20 Å². The minimum atomic E-state index is -0.251. The van der Waals surface area contributed by atoms with Gasteiger partial charge < -0.3 is 15.0 Å². The Balaban J connectivity index is 1.88. The maximum Gasteiger partial charge on any atom is 0.257 e. The Morgan fingerprint density at radius 1 is 1.30 bits per heavy atom. The van der Waals surface area contributed by atoms with Gasteiger partial charge in [0.05, 0.1) is 30.2 Å². The molecule has 2 heterocycles. The molecule has 20 heavy (non-hydrogen) atoms. The van der Waals surface area contributed by atoms with Gasteiger partial charge in [0.15, 0.2) is 5.65 Å². The molecule has 0 bridgehead atoms. The third-order valence-corrected chi connectivity index (χ3v) is 2.89. The molecule has 0 saturated carbocycles. The van der Waals surface area contributed by atoms with Crippen molar-refractivity contribution in [2.75, 3.05) is 12.4 Å². The topological polar surface area (TPSA) is 79.9 Å². The van der Waals surface area contributed by atoms with E-state index in [1.807, 2.05) is 12.1 Å². The zero-order valence-electron chi connectivity index (χ0n) is 10.8. The molecule has 0 aliphatic carbocycles. The maximum absolute atomic E-state index is 12.2. The van der Waals surface area contributed by atoms with Crippen molar-refractivity contribution in [3.8, 4) is 5.75 Å². The highest BCUT2D eigenvalue weighted by molar-refractivity contribution is 6.06. The number of aromatic amines is 1. The minimum Gasteiger partial charge on any atom is -0.495 e. The number of hydrogen-bond donors (Lipinski definition) is 2. The predicted molar refractivity (Wildman–Crippen MR) is 74.8 cm³/mol. The number of para-hydroxylation sites is 2. The van der Waals surface area contributed by atoms with Crippen molar-refractivity contribution < 1.29 is 9.53 Å². The SMILES string of the molecule is COc1ccccc1NC(=O)c1cnc2nc[nH]c2c1. The van der Waals surface area contributed by atoms with Crippen molar-refractivity contribution in [3.63, 3.8) is 0 Å². The first kappa shape index (κ1) is 12.2. The van der Waals surface area contributed by atoms with Crippen molar-refractivity contribution in [2.45, 2.75) is 0 Å². The Hall–Kier alpha value is -2.89. The van der Waals surface area contributed by atoms with Crippen LogP contribution in [0.3, 0.4) is 0 Å². The first-order valence-corrected chi connectivity index (χ1v) is 6.01. The lowest BCUT2D eigenvalue weighted by atomic mass is 10.2. The summed E-state index contributed by atoms with van der Waals surface area (Å²) in [5, 5.41) is 2.80. The van der Waals surface area contributed by atoms with Crippen LogP contribution in [0.15, 0.2) is 42.9 Å². The summed E-state index contributed by atoms with van der Waals surface area (Å²) >= 11 is 0. The molecule has 100 valence electrons. The van der Waals surface area contributed by atoms with Crippen LogP contribution in [0.1, 0.15) is 10.4 Å². The summed E-state index contributed by atoms with van der Waals surface area (Å²) in [5.74, 6) is 0.356. The van der Waals surface area contributed by atoms with Crippen LogP contribution in [0.4, 0.5) is 5.69 Å². The van der Waals surface area contributed by atoms with Crippen LogP contribution < -0.4 is 10.1 Å². The van der Waals surface area contributed by atoms with Crippen molar-refractivity contribution in [1.29, 1.82) is 0 Å². The maximum atomic E-state index is 12.2. The van der Waals surface area contributed by atoms with Crippen molar-refractivity contribution >= 4 is 22.8 Å². The second kappa shape index (κ2) is 5.00. The van der Waals surface area contributed by atoms with E-state index >= 15 is 0 Å². The quantitative estimate of drug-likeness (QED) is 0.763. The molecule has 0 fully saturated rings. The predicted octanol–water partition coefficient (Wildman–Crippen LogP) is 2.22. The molecule has 1 aromatic carbocycles. The minimum absolute atomic E-state index is 0.251. The van der Waals surface area contributed by atoms with Crippen LogP contribution >= 0.6 is 0 Å². The summed E-state index contributed by atoms with van der Waals surface area (Å²) in [6.45, 7) is 0. The van der Waals surface area contributed by atoms with Crippen LogP contribution in [0.5, 0.6) is 5.75 Å². The van der Waals surface area contributed by atoms with Gasteiger partial charge >= 0.3 is 0 Å². The average Bonchev–Trinajstić information content (AvgIpc) is 2.95. The molecule has 0 spiro atoms. The van der Waals surface area contributed by atoms with Crippen LogP contribution in [-0.2, 0) is 0 Å². The largest absolute Gasteiger partial charge is 0.495 e. The van der Waals surface area contributed by atoms with E-state index in [-0.39, 0.29) is 5.91 Å². The molecule has 6 heteroatoms. The lowest BCUT2D eigenvalue weighted by Gasteiger charge is -2.09. The molecule has 0 saturated heterocycles. The van der Waals surface area contributed by atoms with Crippen molar-refractivity contribution in [2.24, 2.45) is 0 Å². The number of imidazole rings is 1. The van der Waals surface area contributed by atoms with Gasteiger partial charge in [0.25, 0.3) is 5.91 Å². The van der Waals surface area contributed by atoms with Crippen molar-refractivity contribution in [1.82, 2.24) is 15.0 Å². The number of nitrogens with zero attached hydrogens (tertiary/aromatic N) is 2. The zero-order valence-corrected chi connectivity index (χ0v) is 10.8. The van der Waals surface area contributed by atoms with Gasteiger partial charge in [-0.3, -0.25) is 4.79 Å². The number of hydrogen-bond acceptors (Lipinski definition) is 4. The molecule has 0 atom stereocenters. The molecule has 3 aromatic rings. The molecule has 3 rings (SSSR count). The number of carbonyl (C=O) groups excluding carboxylic acids is 1. The fraction of sp³-hybridized carbons (Fsp3) is 0.0714. The smallest absolute Gasteiger partial charge is 0.257 e. The second-order valence-electron chi connectivity index (χ2n) is 4.15. The number of pyridine rings is 1. The number of amides is 1. The lowest BCUT2D eigenvalue weighted by molar-refractivity contribution is 0.102. The summed E-state index contributed by atoms with van der Waals surface area (Å²) in [5.41, 5.74) is 2.37. The molecule has 0 unspecified atom stereocenters. The molecule has 1 amide bonds. The number of aromatic nitrogens is 3. The Morgan fingerprint density at radius 2 is 2.15 bits per heavy atom. The number of ether oxygens (including phenoxy) is 1. The third kappa shape index (κ3) is 2.18. The summed E-state index contributed by atoms with van der Waals surface area (Å²) in [7, 11) is 1.56. The number of rotatable bonds is 3. The summed E-state index contributed by atoms with van der Waals surface area (Å²) in [6.07, 6.45) is 3.04. The van der Waals surface area contributed by atoms with Crippen molar-refractivity contribution in [3.05, 3.63) is 48.4 Å². The highest BCUT2D eigenvalue weighted by Crippen LogP contribution is 2.23. The van der Waals surface area contributed by atoms with Gasteiger partial charge in [-0.2, -0.15) is 0 Å². The number of fused-ring (bicyclic) bond motifs is 1. The molecule has 6 nitrogen and oxygen atoms in total. The van der Waals surface area contributed by atoms with E-state index in [4.69, 9.17) is 4.74 Å². The Bertz CT molecular complexity index is 766. The van der Waals surface area contributed by atoms with E-state index in [9.17, 15) is 4.79 Å². The highest BCUT2D eigenvalue weighted by atomic mass is 16.5. The van der Waals surface area contributed by atoms with Gasteiger partial charge in [0.2, 0.25) is 0 Å². The molecule has 0 aliphatic rings. The van der Waals surface area contributed by atoms with Crippen LogP contribution in [0.25, 0.3) is 11.2 Å². The van der Waals surface area contributed by atoms with Gasteiger partial charge in [0, 0.05) is 6.20 Å². The summed E-state index contributed by atoms with van der Waals surface area (Å²) < 4.78 is 5.19. The highest BCUT2D eigenvalue weighted by Gasteiger charge is 2.11.